The van der Waals surface area contributed by atoms with Crippen molar-refractivity contribution in [2.75, 3.05) is 13.2 Å². The predicted octanol–water partition coefficient (Wildman–Crippen LogP) is 0.894. The lowest BCUT2D eigenvalue weighted by molar-refractivity contribution is -0.149. The molecule has 4 nitrogen and oxygen atoms in total. The Morgan fingerprint density at radius 2 is 2.12 bits per heavy atom. The average molecular weight is 226 g/mol. The van der Waals surface area contributed by atoms with Crippen LogP contribution in [0.1, 0.15) is 39.5 Å². The quantitative estimate of drug-likeness (QED) is 0.722. The fourth-order valence-electron chi connectivity index (χ4n) is 2.65. The molecule has 0 bridgehead atoms. The van der Waals surface area contributed by atoms with Crippen LogP contribution in [0.3, 0.4) is 0 Å². The van der Waals surface area contributed by atoms with Gasteiger partial charge in [0.25, 0.3) is 5.91 Å². The summed E-state index contributed by atoms with van der Waals surface area (Å²) in [5.41, 5.74) is 5.87. The third kappa shape index (κ3) is 1.96. The van der Waals surface area contributed by atoms with Crippen molar-refractivity contribution in [1.29, 1.82) is 0 Å². The molecule has 16 heavy (non-hydrogen) atoms. The van der Waals surface area contributed by atoms with Crippen LogP contribution in [0.4, 0.5) is 0 Å². The second kappa shape index (κ2) is 4.34. The molecule has 0 radical (unpaired) electrons. The molecule has 0 aromatic rings. The highest BCUT2D eigenvalue weighted by atomic mass is 16.5. The van der Waals surface area contributed by atoms with Crippen molar-refractivity contribution in [3.63, 3.8) is 0 Å². The molecule has 1 amide bonds. The van der Waals surface area contributed by atoms with Crippen LogP contribution in [0.5, 0.6) is 0 Å². The van der Waals surface area contributed by atoms with Gasteiger partial charge in [0.05, 0.1) is 5.54 Å². The van der Waals surface area contributed by atoms with Crippen molar-refractivity contribution < 1.29 is 9.53 Å². The molecular weight excluding hydrogens is 204 g/mol. The maximum absolute atomic E-state index is 12.3. The van der Waals surface area contributed by atoms with E-state index < -0.39 is 0 Å². The van der Waals surface area contributed by atoms with Crippen LogP contribution in [-0.4, -0.2) is 41.6 Å². The van der Waals surface area contributed by atoms with Gasteiger partial charge in [-0.25, -0.2) is 0 Å². The molecule has 2 fully saturated rings. The lowest BCUT2D eigenvalue weighted by atomic mass is 9.85. The SMILES string of the molecule is CC1(C)C(N)CCCN1C(=O)C1CCCO1. The normalized spacial score (nSPS) is 34.1. The minimum atomic E-state index is -0.235. The Bertz CT molecular complexity index is 272. The van der Waals surface area contributed by atoms with Gasteiger partial charge in [0, 0.05) is 19.2 Å². The number of amides is 1. The van der Waals surface area contributed by atoms with Crippen LogP contribution in [-0.2, 0) is 9.53 Å². The number of piperidine rings is 1. The molecule has 0 spiro atoms. The van der Waals surface area contributed by atoms with E-state index >= 15 is 0 Å². The Labute approximate surface area is 97.1 Å². The molecule has 2 aliphatic rings. The molecule has 2 heterocycles. The third-order valence-electron chi connectivity index (χ3n) is 3.97. The lowest BCUT2D eigenvalue weighted by Gasteiger charge is -2.47. The highest BCUT2D eigenvalue weighted by Crippen LogP contribution is 2.29. The second-order valence-electron chi connectivity index (χ2n) is 5.39. The first kappa shape index (κ1) is 11.9. The summed E-state index contributed by atoms with van der Waals surface area (Å²) in [6, 6.07) is 0.0756. The monoisotopic (exact) mass is 226 g/mol. The smallest absolute Gasteiger partial charge is 0.252 e. The molecule has 2 saturated heterocycles. The zero-order valence-electron chi connectivity index (χ0n) is 10.2. The van der Waals surface area contributed by atoms with E-state index in [1.807, 2.05) is 4.90 Å². The summed E-state index contributed by atoms with van der Waals surface area (Å²) in [5, 5.41) is 0. The van der Waals surface area contributed by atoms with Crippen molar-refractivity contribution in [1.82, 2.24) is 4.90 Å². The van der Waals surface area contributed by atoms with Gasteiger partial charge in [-0.05, 0) is 39.5 Å². The highest BCUT2D eigenvalue weighted by Gasteiger charge is 2.42. The van der Waals surface area contributed by atoms with Gasteiger partial charge in [-0.15, -0.1) is 0 Å². The Hall–Kier alpha value is -0.610. The van der Waals surface area contributed by atoms with Crippen molar-refractivity contribution in [2.24, 2.45) is 5.73 Å². The molecule has 2 rings (SSSR count). The van der Waals surface area contributed by atoms with Gasteiger partial charge >= 0.3 is 0 Å². The van der Waals surface area contributed by atoms with E-state index in [1.54, 1.807) is 0 Å². The maximum atomic E-state index is 12.3. The van der Waals surface area contributed by atoms with Crippen LogP contribution in [0.25, 0.3) is 0 Å². The number of hydrogen-bond donors (Lipinski definition) is 1. The first-order valence-corrected chi connectivity index (χ1v) is 6.22. The molecule has 4 heteroatoms. The molecule has 2 atom stereocenters. The number of nitrogens with two attached hydrogens (primary N) is 1. The van der Waals surface area contributed by atoms with Gasteiger partial charge in [-0.2, -0.15) is 0 Å². The van der Waals surface area contributed by atoms with Crippen LogP contribution in [0, 0.1) is 0 Å². The van der Waals surface area contributed by atoms with Crippen molar-refractivity contribution in [3.05, 3.63) is 0 Å². The summed E-state index contributed by atoms with van der Waals surface area (Å²) in [6.07, 6.45) is 3.65. The predicted molar refractivity (Wildman–Crippen MR) is 62.0 cm³/mol. The van der Waals surface area contributed by atoms with E-state index in [1.165, 1.54) is 0 Å². The van der Waals surface area contributed by atoms with Crippen LogP contribution in [0.2, 0.25) is 0 Å². The third-order valence-corrected chi connectivity index (χ3v) is 3.97. The van der Waals surface area contributed by atoms with E-state index in [-0.39, 0.29) is 23.6 Å². The summed E-state index contributed by atoms with van der Waals surface area (Å²) in [7, 11) is 0. The number of nitrogens with zero attached hydrogens (tertiary/aromatic N) is 1. The molecule has 2 unspecified atom stereocenters. The van der Waals surface area contributed by atoms with E-state index in [0.29, 0.717) is 0 Å². The van der Waals surface area contributed by atoms with Gasteiger partial charge in [-0.1, -0.05) is 0 Å². The summed E-state index contributed by atoms with van der Waals surface area (Å²) in [6.45, 7) is 5.66. The second-order valence-corrected chi connectivity index (χ2v) is 5.39. The fourth-order valence-corrected chi connectivity index (χ4v) is 2.65. The number of rotatable bonds is 1. The van der Waals surface area contributed by atoms with Crippen LogP contribution < -0.4 is 5.73 Å². The topological polar surface area (TPSA) is 55.6 Å². The fraction of sp³-hybridized carbons (Fsp3) is 0.917. The average Bonchev–Trinajstić information content (AvgIpc) is 2.74. The molecule has 0 aromatic carbocycles. The minimum Gasteiger partial charge on any atom is -0.368 e. The summed E-state index contributed by atoms with van der Waals surface area (Å²) < 4.78 is 5.46. The minimum absolute atomic E-state index is 0.0756. The Morgan fingerprint density at radius 1 is 1.38 bits per heavy atom. The number of carbonyl (C=O) groups excluding carboxylic acids is 1. The summed E-state index contributed by atoms with van der Waals surface area (Å²) >= 11 is 0. The molecule has 2 N–H and O–H groups in total. The molecule has 0 aromatic heterocycles. The van der Waals surface area contributed by atoms with Crippen molar-refractivity contribution in [3.8, 4) is 0 Å². The summed E-state index contributed by atoms with van der Waals surface area (Å²) in [4.78, 5) is 14.2. The number of carbonyl (C=O) groups is 1. The van der Waals surface area contributed by atoms with Gasteiger partial charge in [0.1, 0.15) is 6.10 Å². The zero-order chi connectivity index (χ0) is 11.8. The van der Waals surface area contributed by atoms with E-state index in [4.69, 9.17) is 10.5 Å². The number of likely N-dealkylation sites (tertiary alicyclic amines) is 1. The highest BCUT2D eigenvalue weighted by molar-refractivity contribution is 5.82. The molecule has 0 aliphatic carbocycles. The maximum Gasteiger partial charge on any atom is 0.252 e. The standard InChI is InChI=1S/C12H22N2O2/c1-12(2)10(13)6-3-7-14(12)11(15)9-5-4-8-16-9/h9-10H,3-8,13H2,1-2H3. The van der Waals surface area contributed by atoms with Gasteiger partial charge in [0.15, 0.2) is 0 Å². The Kier molecular flexibility index (Phi) is 3.22. The largest absolute Gasteiger partial charge is 0.368 e. The van der Waals surface area contributed by atoms with Crippen LogP contribution in [0.15, 0.2) is 0 Å². The van der Waals surface area contributed by atoms with Crippen molar-refractivity contribution in [2.45, 2.75) is 57.2 Å². The van der Waals surface area contributed by atoms with E-state index in [9.17, 15) is 4.79 Å². The van der Waals surface area contributed by atoms with E-state index in [2.05, 4.69) is 13.8 Å². The van der Waals surface area contributed by atoms with Gasteiger partial charge in [0.2, 0.25) is 0 Å². The lowest BCUT2D eigenvalue weighted by Crippen LogP contribution is -2.63. The molecular formula is C12H22N2O2. The summed E-state index contributed by atoms with van der Waals surface area (Å²) in [5.74, 6) is 0.137. The first-order valence-electron chi connectivity index (χ1n) is 6.22. The van der Waals surface area contributed by atoms with Gasteiger partial charge in [-0.3, -0.25) is 4.79 Å². The van der Waals surface area contributed by atoms with Gasteiger partial charge < -0.3 is 15.4 Å². The van der Waals surface area contributed by atoms with Crippen molar-refractivity contribution >= 4 is 5.91 Å². The van der Waals surface area contributed by atoms with E-state index in [0.717, 1.165) is 38.8 Å². The first-order chi connectivity index (χ1) is 7.53. The molecule has 2 aliphatic heterocycles. The zero-order valence-corrected chi connectivity index (χ0v) is 10.2. The molecule has 0 saturated carbocycles. The number of hydrogen-bond acceptors (Lipinski definition) is 3. The number of ether oxygens (including phenoxy) is 1. The Morgan fingerprint density at radius 3 is 2.75 bits per heavy atom. The molecule has 92 valence electrons. The Balaban J connectivity index is 2.09. The van der Waals surface area contributed by atoms with Crippen LogP contribution >= 0.6 is 0 Å².